The predicted molar refractivity (Wildman–Crippen MR) is 249 cm³/mol. The summed E-state index contributed by atoms with van der Waals surface area (Å²) in [5.41, 5.74) is 9.00. The Morgan fingerprint density at radius 1 is 0.493 bits per heavy atom. The first-order chi connectivity index (χ1) is 31.0. The van der Waals surface area contributed by atoms with E-state index < -0.39 is 0 Å². The highest BCUT2D eigenvalue weighted by Crippen LogP contribution is 2.32. The fourth-order valence-electron chi connectivity index (χ4n) is 7.78. The molecule has 0 spiro atoms. The van der Waals surface area contributed by atoms with E-state index in [1.54, 1.807) is 36.8 Å². The van der Waals surface area contributed by atoms with E-state index in [2.05, 4.69) is 61.2 Å². The maximum absolute atomic E-state index is 12.7. The zero-order valence-corrected chi connectivity index (χ0v) is 36.4. The average molecular weight is 905 g/mol. The van der Waals surface area contributed by atoms with Gasteiger partial charge in [-0.25, -0.2) is 19.9 Å². The number of fused-ring (bicyclic) bond motifs is 2. The van der Waals surface area contributed by atoms with Crippen molar-refractivity contribution < 1.29 is 26.6 Å². The number of aryl methyl sites for hydroxylation is 4. The number of nitrogens with zero attached hydrogens (tertiary/aromatic N) is 12. The van der Waals surface area contributed by atoms with Crippen LogP contribution in [0, 0.1) is 27.7 Å². The lowest BCUT2D eigenvalue weighted by atomic mass is 9.98. The van der Waals surface area contributed by atoms with Crippen molar-refractivity contribution in [1.82, 2.24) is 70.3 Å². The summed E-state index contributed by atoms with van der Waals surface area (Å²) in [6.07, 6.45) is 0. The van der Waals surface area contributed by atoms with Crippen LogP contribution in [0.2, 0.25) is 0 Å². The molecule has 0 bridgehead atoms. The number of nitrogens with one attached hydrogen (secondary N) is 2. The molecule has 6 aromatic heterocycles. The van der Waals surface area contributed by atoms with Gasteiger partial charge in [-0.15, -0.1) is 20.4 Å². The molecular weight excluding hydrogens is 861 g/mol. The summed E-state index contributed by atoms with van der Waals surface area (Å²) in [5, 5.41) is 50.1. The molecule has 0 unspecified atom stereocenters. The van der Waals surface area contributed by atoms with Gasteiger partial charge in [0.15, 0.2) is 11.3 Å². The maximum atomic E-state index is 12.7. The second-order valence-corrected chi connectivity index (χ2v) is 15.0. The normalized spacial score (nSPS) is 10.7. The first-order valence-corrected chi connectivity index (χ1v) is 20.0. The van der Waals surface area contributed by atoms with Crippen LogP contribution in [0.15, 0.2) is 119 Å². The van der Waals surface area contributed by atoms with Crippen molar-refractivity contribution in [3.8, 4) is 56.5 Å². The molecule has 0 fully saturated rings. The number of benzene rings is 4. The third-order valence-electron chi connectivity index (χ3n) is 10.7. The van der Waals surface area contributed by atoms with Crippen LogP contribution in [0.3, 0.4) is 0 Å². The van der Waals surface area contributed by atoms with Crippen LogP contribution < -0.4 is 11.1 Å². The smallest absolute Gasteiger partial charge is 0.256 e. The molecule has 21 heteroatoms. The van der Waals surface area contributed by atoms with E-state index in [0.29, 0.717) is 69.8 Å². The number of rotatable bonds is 8. The summed E-state index contributed by atoms with van der Waals surface area (Å²) in [5.74, 6) is 1.93. The van der Waals surface area contributed by atoms with Crippen LogP contribution in [0.25, 0.3) is 67.1 Å². The van der Waals surface area contributed by atoms with Crippen LogP contribution in [0.1, 0.15) is 34.2 Å². The lowest BCUT2D eigenvalue weighted by Gasteiger charge is -2.13. The molecule has 10 N–H and O–H groups in total. The fourth-order valence-corrected chi connectivity index (χ4v) is 7.78. The predicted octanol–water partition coefficient (Wildman–Crippen LogP) is 3.54. The molecule has 0 atom stereocenters. The van der Waals surface area contributed by atoms with Crippen LogP contribution >= 0.6 is 0 Å². The summed E-state index contributed by atoms with van der Waals surface area (Å²) < 4.78 is 3.11. The van der Waals surface area contributed by atoms with Gasteiger partial charge in [0.1, 0.15) is 23.1 Å². The minimum absolute atomic E-state index is 0. The lowest BCUT2D eigenvalue weighted by molar-refractivity contribution is 0.477. The van der Waals surface area contributed by atoms with E-state index in [1.165, 1.54) is 12.1 Å². The summed E-state index contributed by atoms with van der Waals surface area (Å²) in [6.45, 7) is 7.75. The topological polar surface area (TPSA) is 339 Å². The van der Waals surface area contributed by atoms with Gasteiger partial charge in [-0.05, 0) is 71.5 Å². The Bertz CT molecular complexity index is 3220. The zero-order chi connectivity index (χ0) is 44.5. The largest absolute Gasteiger partial charge is 0.507 e. The van der Waals surface area contributed by atoms with Gasteiger partial charge >= 0.3 is 0 Å². The monoisotopic (exact) mass is 904 g/mol. The Kier molecular flexibility index (Phi) is 14.1. The SMILES string of the molecule is Cc1nc(C)c2c(O)cc(=O)n(Cc3ccc(-c4ccccc4-c4nn[nH]n4)cc3)c2n1.Cc1nc(C)c2c(O)cc(=O)n(Cc3ccc(-c4ccccc4-c4nn[nH]n4)cc3)c2n1.O.O.O. The van der Waals surface area contributed by atoms with Crippen LogP contribution in [-0.4, -0.2) is 97.0 Å². The molecule has 0 amide bonds. The number of aromatic nitrogens is 14. The Morgan fingerprint density at radius 3 is 1.19 bits per heavy atom. The molecule has 0 aliphatic carbocycles. The van der Waals surface area contributed by atoms with Crippen molar-refractivity contribution >= 4 is 22.1 Å². The highest BCUT2D eigenvalue weighted by atomic mass is 16.3. The highest BCUT2D eigenvalue weighted by Gasteiger charge is 2.17. The van der Waals surface area contributed by atoms with E-state index in [0.717, 1.165) is 44.5 Å². The molecule has 10 rings (SSSR count). The van der Waals surface area contributed by atoms with Crippen LogP contribution in [0.4, 0.5) is 0 Å². The number of tetrazole rings is 2. The summed E-state index contributed by atoms with van der Waals surface area (Å²) >= 11 is 0. The molecule has 67 heavy (non-hydrogen) atoms. The Balaban J connectivity index is 0.000000212. The minimum Gasteiger partial charge on any atom is -0.507 e. The second kappa shape index (κ2) is 19.9. The van der Waals surface area contributed by atoms with E-state index in [1.807, 2.05) is 97.1 Å². The zero-order valence-electron chi connectivity index (χ0n) is 36.4. The molecule has 0 saturated heterocycles. The van der Waals surface area contributed by atoms with Crippen molar-refractivity contribution in [1.29, 1.82) is 0 Å². The minimum atomic E-state index is -0.320. The van der Waals surface area contributed by atoms with Gasteiger partial charge in [0.25, 0.3) is 11.1 Å². The Hall–Kier alpha value is -8.92. The molecule has 21 nitrogen and oxygen atoms in total. The van der Waals surface area contributed by atoms with Gasteiger partial charge < -0.3 is 26.6 Å². The summed E-state index contributed by atoms with van der Waals surface area (Å²) in [6, 6.07) is 33.9. The number of hydrogen-bond acceptors (Lipinski definition) is 14. The average Bonchev–Trinajstić information content (AvgIpc) is 4.03. The van der Waals surface area contributed by atoms with Gasteiger partial charge in [0.2, 0.25) is 11.6 Å². The van der Waals surface area contributed by atoms with E-state index >= 15 is 0 Å². The van der Waals surface area contributed by atoms with Crippen molar-refractivity contribution in [2.45, 2.75) is 40.8 Å². The highest BCUT2D eigenvalue weighted by molar-refractivity contribution is 5.85. The number of aromatic amines is 2. The first kappa shape index (κ1) is 47.6. The third-order valence-corrected chi connectivity index (χ3v) is 10.7. The van der Waals surface area contributed by atoms with Gasteiger partial charge in [0, 0.05) is 23.3 Å². The van der Waals surface area contributed by atoms with E-state index in [4.69, 9.17) is 0 Å². The van der Waals surface area contributed by atoms with E-state index in [-0.39, 0.29) is 39.0 Å². The molecule has 0 radical (unpaired) electrons. The third kappa shape index (κ3) is 9.49. The molecule has 0 saturated carbocycles. The number of H-pyrrole nitrogens is 2. The fraction of sp³-hybridized carbons (Fsp3) is 0.130. The number of aromatic hydroxyl groups is 2. The van der Waals surface area contributed by atoms with Gasteiger partial charge in [-0.3, -0.25) is 18.7 Å². The number of hydrogen-bond donors (Lipinski definition) is 4. The van der Waals surface area contributed by atoms with Gasteiger partial charge in [0.05, 0.1) is 35.2 Å². The molecule has 340 valence electrons. The number of pyridine rings is 2. The van der Waals surface area contributed by atoms with Crippen molar-refractivity contribution in [2.75, 3.05) is 0 Å². The molecule has 0 aliphatic heterocycles. The molecule has 6 heterocycles. The Morgan fingerprint density at radius 2 is 0.851 bits per heavy atom. The molecular formula is C46H44N14O7. The summed E-state index contributed by atoms with van der Waals surface area (Å²) in [7, 11) is 0. The second-order valence-electron chi connectivity index (χ2n) is 15.0. The van der Waals surface area contributed by atoms with Crippen molar-refractivity contribution in [2.24, 2.45) is 0 Å². The van der Waals surface area contributed by atoms with Crippen LogP contribution in [-0.2, 0) is 13.1 Å². The standard InChI is InChI=1S/2C23H19N7O2.3H2O/c2*1-13-21-19(31)11-20(32)30(23(21)25-14(2)24-13)12-15-7-9-16(10-8-15)17-5-3-4-6-18(17)22-26-28-29-27-22;;;/h2*3-11,31H,12H2,1-2H3,(H,26,27,28,29);3*1H2. The molecule has 4 aromatic carbocycles. The van der Waals surface area contributed by atoms with Gasteiger partial charge in [-0.2, -0.15) is 10.4 Å². The van der Waals surface area contributed by atoms with Crippen LogP contribution in [0.5, 0.6) is 11.5 Å². The van der Waals surface area contributed by atoms with E-state index in [9.17, 15) is 19.8 Å². The molecule has 0 aliphatic rings. The quantitative estimate of drug-likeness (QED) is 0.170. The van der Waals surface area contributed by atoms with Gasteiger partial charge in [-0.1, -0.05) is 97.1 Å². The van der Waals surface area contributed by atoms with Crippen molar-refractivity contribution in [3.05, 3.63) is 164 Å². The molecule has 10 aromatic rings. The maximum Gasteiger partial charge on any atom is 0.256 e. The summed E-state index contributed by atoms with van der Waals surface area (Å²) in [4.78, 5) is 42.8. The van der Waals surface area contributed by atoms with Crippen molar-refractivity contribution in [3.63, 3.8) is 0 Å². The Labute approximate surface area is 379 Å². The first-order valence-electron chi connectivity index (χ1n) is 20.0. The lowest BCUT2D eigenvalue weighted by Crippen LogP contribution is -2.21.